The zero-order valence-electron chi connectivity index (χ0n) is 90.5. The summed E-state index contributed by atoms with van der Waals surface area (Å²) in [5, 5.41) is 58.8. The Balaban J connectivity index is 0.000000160. The van der Waals surface area contributed by atoms with Crippen molar-refractivity contribution in [1.82, 2.24) is 0 Å². The number of methoxy groups -OCH3 is 1. The van der Waals surface area contributed by atoms with Crippen LogP contribution in [-0.4, -0.2) is 85.6 Å². The Kier molecular flexibility index (Phi) is 32.9. The number of rotatable bonds is 14. The molecule has 5 unspecified atom stereocenters. The number of hydrogen-bond acceptors (Lipinski definition) is 17. The second kappa shape index (κ2) is 42.0. The van der Waals surface area contributed by atoms with Crippen LogP contribution in [0.4, 0.5) is 0 Å². The summed E-state index contributed by atoms with van der Waals surface area (Å²) in [6.45, 7) is 73.5. The van der Waals surface area contributed by atoms with Crippen molar-refractivity contribution in [3.63, 3.8) is 0 Å². The van der Waals surface area contributed by atoms with Crippen molar-refractivity contribution in [2.24, 2.45) is 0 Å². The number of aliphatic hydroxyl groups is 1. The molecule has 8 heterocycles. The van der Waals surface area contributed by atoms with Crippen LogP contribution in [0, 0.1) is 90.0 Å². The van der Waals surface area contributed by atoms with Gasteiger partial charge in [-0.25, -0.2) is 0 Å². The smallest absolute Gasteiger partial charge is 0.252 e. The highest BCUT2D eigenvalue weighted by Crippen LogP contribution is 2.59. The third-order valence-electron chi connectivity index (χ3n) is 29.7. The summed E-state index contributed by atoms with van der Waals surface area (Å²) < 4.78 is 67.3. The molecule has 0 aromatic heterocycles. The van der Waals surface area contributed by atoms with Gasteiger partial charge < -0.3 is 82.7 Å². The standard InChI is InChI=1S/C32H46O3.C23H28O4.C16H24O3.2C14H20O.C13H18O3.C9H12O2/c1-9-10-11-12-13-14-15-33-27-19-26-29(18-24(27)4)35-32(21-31(26,7)8)20-30(5,6)25-16-22(2)23(3)17-28(25)34-32;1-13-7-19-15(9-17(13)24)21(3,4)11-23(26-19)12-22(5,6)16-10-18(25)14(2)8-20(16)27-23;1-5-6-11-8-16(3,4)19-13-7-12(9-17)15(18)10(2)14(11)13;2*1-9-6-12-11(3)8-14(4,5)15-13(12)7-10(9)2;1-5-15-12-13(3,4)9-7-10(14)8(2)6-11(9)16-12;1-6-5-9(11-3)7(2)4-8(6)10/h16-19H,9-15,20-21H2,1-8H3;7-10,24-25H,11-12H2,1-6H3;7,11,17-18H,5-6,8-9H2,1-4H3;2*6-7,11H,8H2,1-5H3;6-7,12,14H,5H2,1-4H3;4-5,10H,1-3H3. The number of unbranched alkanes of at least 4 members (excludes halogenated alkanes) is 5. The van der Waals surface area contributed by atoms with Gasteiger partial charge in [-0.2, -0.15) is 0 Å². The van der Waals surface area contributed by atoms with Gasteiger partial charge in [-0.1, -0.05) is 140 Å². The molecule has 138 heavy (non-hydrogen) atoms. The number of aromatic hydroxyl groups is 5. The first kappa shape index (κ1) is 108. The summed E-state index contributed by atoms with van der Waals surface area (Å²) in [4.78, 5) is 0. The van der Waals surface area contributed by atoms with Gasteiger partial charge in [-0.3, -0.25) is 0 Å². The van der Waals surface area contributed by atoms with Crippen molar-refractivity contribution in [3.05, 3.63) is 226 Å². The summed E-state index contributed by atoms with van der Waals surface area (Å²) >= 11 is 0. The average molecular weight is 1890 g/mol. The van der Waals surface area contributed by atoms with Gasteiger partial charge in [0.1, 0.15) is 103 Å². The van der Waals surface area contributed by atoms with Crippen LogP contribution >= 0.6 is 0 Å². The van der Waals surface area contributed by atoms with Gasteiger partial charge in [0.2, 0.25) is 6.29 Å². The molecule has 0 saturated heterocycles. The fraction of sp³-hybridized carbons (Fsp3) is 0.554. The predicted octanol–water partition coefficient (Wildman–Crippen LogP) is 30.4. The molecule has 8 aliphatic heterocycles. The van der Waals surface area contributed by atoms with Crippen LogP contribution in [-0.2, 0) is 38.4 Å². The zero-order chi connectivity index (χ0) is 102. The molecule has 6 N–H and O–H groups in total. The van der Waals surface area contributed by atoms with E-state index in [0.29, 0.717) is 65.8 Å². The Bertz CT molecular complexity index is 5700. The molecule has 5 atom stereocenters. The number of ether oxygens (including phenoxy) is 11. The fourth-order valence-electron chi connectivity index (χ4n) is 22.0. The number of aryl methyl sites for hydroxylation is 12. The van der Waals surface area contributed by atoms with E-state index in [4.69, 9.17) is 52.1 Å². The minimum Gasteiger partial charge on any atom is -0.508 e. The van der Waals surface area contributed by atoms with E-state index in [9.17, 15) is 30.6 Å². The lowest BCUT2D eigenvalue weighted by Crippen LogP contribution is -2.55. The lowest BCUT2D eigenvalue weighted by atomic mass is 9.69. The Morgan fingerprint density at radius 2 is 0.710 bits per heavy atom. The highest BCUT2D eigenvalue weighted by Gasteiger charge is 2.56. The zero-order valence-corrected chi connectivity index (χ0v) is 90.5. The molecule has 17 nitrogen and oxygen atoms in total. The van der Waals surface area contributed by atoms with E-state index in [0.717, 1.165) is 177 Å². The van der Waals surface area contributed by atoms with Gasteiger partial charge in [0.15, 0.2) is 0 Å². The van der Waals surface area contributed by atoms with E-state index in [-0.39, 0.29) is 62.5 Å². The van der Waals surface area contributed by atoms with Crippen LogP contribution in [0.25, 0.3) is 0 Å². The summed E-state index contributed by atoms with van der Waals surface area (Å²) in [5.41, 5.74) is 23.1. The number of fused-ring (bicyclic) bond motifs is 8. The van der Waals surface area contributed by atoms with Gasteiger partial charge >= 0.3 is 0 Å². The molecule has 9 aromatic carbocycles. The molecule has 0 aliphatic carbocycles. The second-order valence-corrected chi connectivity index (χ2v) is 46.3. The average Bonchev–Trinajstić information content (AvgIpc) is 0.915. The summed E-state index contributed by atoms with van der Waals surface area (Å²) in [7, 11) is 1.62. The predicted molar refractivity (Wildman–Crippen MR) is 559 cm³/mol. The highest BCUT2D eigenvalue weighted by atomic mass is 16.7. The number of hydrogen-bond donors (Lipinski definition) is 6. The maximum Gasteiger partial charge on any atom is 0.252 e. The van der Waals surface area contributed by atoms with Crippen LogP contribution < -0.4 is 47.4 Å². The summed E-state index contributed by atoms with van der Waals surface area (Å²) in [6, 6.07) is 34.2. The molecule has 0 saturated carbocycles. The van der Waals surface area contributed by atoms with Crippen LogP contribution in [0.3, 0.4) is 0 Å². The lowest BCUT2D eigenvalue weighted by Gasteiger charge is -2.51. The van der Waals surface area contributed by atoms with E-state index in [1.54, 1.807) is 25.3 Å². The number of phenols is 5. The molecule has 0 radical (unpaired) electrons. The molecule has 17 heteroatoms. The van der Waals surface area contributed by atoms with E-state index >= 15 is 0 Å². The van der Waals surface area contributed by atoms with Crippen molar-refractivity contribution in [2.75, 3.05) is 20.3 Å². The quantitative estimate of drug-likeness (QED) is 0.0557. The van der Waals surface area contributed by atoms with Crippen molar-refractivity contribution >= 4 is 0 Å². The first-order valence-corrected chi connectivity index (χ1v) is 50.7. The minimum absolute atomic E-state index is 0.0197. The molecule has 754 valence electrons. The molecule has 0 fully saturated rings. The Labute approximate surface area is 827 Å². The van der Waals surface area contributed by atoms with Gasteiger partial charge in [-0.05, 0) is 371 Å². The van der Waals surface area contributed by atoms with Gasteiger partial charge in [0.25, 0.3) is 11.6 Å². The van der Waals surface area contributed by atoms with Crippen molar-refractivity contribution < 1.29 is 82.7 Å². The Morgan fingerprint density at radius 1 is 0.348 bits per heavy atom. The third kappa shape index (κ3) is 24.5. The van der Waals surface area contributed by atoms with Crippen molar-refractivity contribution in [3.8, 4) is 86.2 Å². The maximum absolute atomic E-state index is 10.2. The number of aliphatic hydroxyl groups excluding tert-OH is 1. The molecule has 9 aromatic rings. The first-order valence-electron chi connectivity index (χ1n) is 50.7. The van der Waals surface area contributed by atoms with Gasteiger partial charge in [-0.15, -0.1) is 0 Å². The largest absolute Gasteiger partial charge is 0.508 e. The first-order chi connectivity index (χ1) is 64.2. The van der Waals surface area contributed by atoms with Crippen LogP contribution in [0.5, 0.6) is 86.2 Å². The maximum atomic E-state index is 10.2. The topological polar surface area (TPSA) is 223 Å². The summed E-state index contributed by atoms with van der Waals surface area (Å²) in [6.07, 6.45) is 15.7. The molecular weight excluding hydrogens is 1730 g/mol. The van der Waals surface area contributed by atoms with Crippen LogP contribution in [0.15, 0.2) is 103 Å². The van der Waals surface area contributed by atoms with E-state index in [1.807, 2.05) is 84.9 Å². The molecule has 0 bridgehead atoms. The van der Waals surface area contributed by atoms with Crippen molar-refractivity contribution in [2.45, 2.75) is 418 Å². The lowest BCUT2D eigenvalue weighted by molar-refractivity contribution is -0.167. The molecule has 0 amide bonds. The Hall–Kier alpha value is -10.1. The molecular formula is C121H168O17. The van der Waals surface area contributed by atoms with Crippen LogP contribution in [0.2, 0.25) is 0 Å². The highest BCUT2D eigenvalue weighted by molar-refractivity contribution is 5.59. The van der Waals surface area contributed by atoms with Crippen LogP contribution in [0.1, 0.15) is 382 Å². The summed E-state index contributed by atoms with van der Waals surface area (Å²) in [5.74, 6) is 10.7. The van der Waals surface area contributed by atoms with Gasteiger partial charge in [0, 0.05) is 92.9 Å². The van der Waals surface area contributed by atoms with E-state index < -0.39 is 11.6 Å². The normalized spacial score (nSPS) is 20.8. The fourth-order valence-corrected chi connectivity index (χ4v) is 22.0. The third-order valence-corrected chi connectivity index (χ3v) is 29.7. The minimum atomic E-state index is -0.778. The van der Waals surface area contributed by atoms with Crippen molar-refractivity contribution in [1.29, 1.82) is 0 Å². The number of phenolic OH excluding ortho intramolecular Hbond substituents is 4. The monoisotopic (exact) mass is 1890 g/mol. The molecule has 17 rings (SSSR count). The SMILES string of the molecule is CCCC1CC(C)(C)Oc2cc(CO)c(O)c(C)c21.CCCCCCCCOc1cc2c(cc1C)OC1(CC(C)(C)c3cc(C)c(C)cc3O1)CC2(C)C.CCOC1Oc2cc(C)c(O)cc2C1(C)C.COc1cc(C)c(O)cc1C.Cc1cc2c(cc1C)C(C)CC(C)(C)O2.Cc1cc2c(cc1C)C(C)CC(C)(C)O2.Cc1cc2c(cc1O)C(C)(C)CC1(CC(C)(C)c3cc(O)c(C)cc3O1)O2. The number of benzene rings is 9. The van der Waals surface area contributed by atoms with E-state index in [2.05, 4.69) is 235 Å². The second-order valence-electron chi connectivity index (χ2n) is 46.3. The van der Waals surface area contributed by atoms with Gasteiger partial charge in [0.05, 0.1) is 25.7 Å². The Morgan fingerprint density at radius 3 is 1.15 bits per heavy atom. The molecule has 2 spiro atoms. The molecule has 8 aliphatic rings. The van der Waals surface area contributed by atoms with E-state index in [1.165, 1.54) is 87.7 Å².